The van der Waals surface area contributed by atoms with Crippen molar-refractivity contribution in [2.24, 2.45) is 7.05 Å². The van der Waals surface area contributed by atoms with Gasteiger partial charge in [-0.25, -0.2) is 0 Å². The number of benzene rings is 2. The van der Waals surface area contributed by atoms with Crippen LogP contribution in [0.25, 0.3) is 16.9 Å². The molecule has 2 aromatic carbocycles. The van der Waals surface area contributed by atoms with Crippen molar-refractivity contribution in [3.05, 3.63) is 81.8 Å². The zero-order chi connectivity index (χ0) is 25.8. The molecule has 4 aromatic rings. The van der Waals surface area contributed by atoms with Crippen molar-refractivity contribution in [3.63, 3.8) is 0 Å². The van der Waals surface area contributed by atoms with Gasteiger partial charge < -0.3 is 19.4 Å². The summed E-state index contributed by atoms with van der Waals surface area (Å²) >= 11 is 0. The largest absolute Gasteiger partial charge is 0.496 e. The number of nitrogens with one attached hydrogen (secondary N) is 1. The van der Waals surface area contributed by atoms with E-state index in [4.69, 9.17) is 9.47 Å². The Kier molecular flexibility index (Phi) is 7.43. The van der Waals surface area contributed by atoms with Crippen molar-refractivity contribution in [2.45, 2.75) is 46.3 Å². The van der Waals surface area contributed by atoms with Crippen LogP contribution >= 0.6 is 0 Å². The Morgan fingerprint density at radius 1 is 1.11 bits per heavy atom. The van der Waals surface area contributed by atoms with Crippen molar-refractivity contribution in [1.82, 2.24) is 19.5 Å². The third-order valence-electron chi connectivity index (χ3n) is 6.19. The molecule has 188 valence electrons. The van der Waals surface area contributed by atoms with Crippen LogP contribution in [-0.4, -0.2) is 33.3 Å². The number of aromatic nitrogens is 3. The molecule has 0 aliphatic heterocycles. The van der Waals surface area contributed by atoms with E-state index in [0.717, 1.165) is 22.6 Å². The van der Waals surface area contributed by atoms with Gasteiger partial charge in [-0.15, -0.1) is 0 Å². The Balaban J connectivity index is 1.48. The number of carbonyl (C=O) groups is 1. The van der Waals surface area contributed by atoms with Crippen LogP contribution < -0.4 is 20.3 Å². The van der Waals surface area contributed by atoms with Crippen LogP contribution in [0.2, 0.25) is 0 Å². The minimum atomic E-state index is -0.213. The summed E-state index contributed by atoms with van der Waals surface area (Å²) in [6, 6.07) is 17.1. The molecule has 0 unspecified atom stereocenters. The molecular formula is C28H32N4O4. The fraction of sp³-hybridized carbons (Fsp3) is 0.321. The monoisotopic (exact) mass is 488 g/mol. The van der Waals surface area contributed by atoms with Crippen LogP contribution in [0.5, 0.6) is 11.5 Å². The first-order valence-corrected chi connectivity index (χ1v) is 12.0. The van der Waals surface area contributed by atoms with Gasteiger partial charge in [0.1, 0.15) is 17.1 Å². The molecule has 8 heteroatoms. The number of carbonyl (C=O) groups excluding carboxylic acids is 1. The molecule has 0 saturated heterocycles. The van der Waals surface area contributed by atoms with E-state index in [1.807, 2.05) is 87.0 Å². The number of methoxy groups -OCH3 is 1. The SMILES string of the molecule is COc1ccccc1-c1cc2n(C)c(C)c(CCC(=O)NCc3ccc(OC(C)C)cc3)c(=O)n2n1. The molecule has 0 saturated carbocycles. The number of rotatable bonds is 9. The summed E-state index contributed by atoms with van der Waals surface area (Å²) in [5.41, 5.74) is 4.29. The Hall–Kier alpha value is -4.07. The quantitative estimate of drug-likeness (QED) is 0.384. The lowest BCUT2D eigenvalue weighted by Crippen LogP contribution is -2.27. The van der Waals surface area contributed by atoms with Crippen molar-refractivity contribution >= 4 is 11.6 Å². The first-order valence-electron chi connectivity index (χ1n) is 12.0. The normalized spacial score (nSPS) is 11.2. The lowest BCUT2D eigenvalue weighted by atomic mass is 10.1. The highest BCUT2D eigenvalue weighted by atomic mass is 16.5. The molecule has 2 aromatic heterocycles. The van der Waals surface area contributed by atoms with Crippen molar-refractivity contribution in [1.29, 1.82) is 0 Å². The highest BCUT2D eigenvalue weighted by Crippen LogP contribution is 2.29. The van der Waals surface area contributed by atoms with E-state index in [2.05, 4.69) is 10.4 Å². The molecule has 36 heavy (non-hydrogen) atoms. The maximum atomic E-state index is 13.3. The Bertz CT molecular complexity index is 1430. The molecule has 0 bridgehead atoms. The first-order chi connectivity index (χ1) is 17.3. The predicted octanol–water partition coefficient (Wildman–Crippen LogP) is 4.05. The molecule has 8 nitrogen and oxygen atoms in total. The number of hydrogen-bond acceptors (Lipinski definition) is 5. The second-order valence-electron chi connectivity index (χ2n) is 9.02. The second kappa shape index (κ2) is 10.7. The summed E-state index contributed by atoms with van der Waals surface area (Å²) in [4.78, 5) is 25.9. The summed E-state index contributed by atoms with van der Waals surface area (Å²) in [5, 5.41) is 7.51. The van der Waals surface area contributed by atoms with Gasteiger partial charge in [0.15, 0.2) is 0 Å². The van der Waals surface area contributed by atoms with Gasteiger partial charge in [-0.2, -0.15) is 9.61 Å². The number of para-hydroxylation sites is 1. The van der Waals surface area contributed by atoms with Gasteiger partial charge in [0.05, 0.1) is 18.9 Å². The smallest absolute Gasteiger partial charge is 0.277 e. The molecule has 4 rings (SSSR count). The standard InChI is InChI=1S/C28H32N4O4/c1-18(2)36-21-12-10-20(11-13-21)17-29-26(33)15-14-22-19(3)31(4)27-16-24(30-32(27)28(22)34)23-8-6-7-9-25(23)35-5/h6-13,16,18H,14-15,17H2,1-5H3,(H,29,33). The zero-order valence-corrected chi connectivity index (χ0v) is 21.4. The van der Waals surface area contributed by atoms with Crippen LogP contribution in [0.1, 0.15) is 37.1 Å². The molecule has 2 heterocycles. The number of nitrogens with zero attached hydrogens (tertiary/aromatic N) is 3. The van der Waals surface area contributed by atoms with Gasteiger partial charge in [0, 0.05) is 42.9 Å². The number of hydrogen-bond donors (Lipinski definition) is 1. The minimum absolute atomic E-state index is 0.112. The molecule has 1 amide bonds. The molecule has 0 spiro atoms. The average molecular weight is 489 g/mol. The van der Waals surface area contributed by atoms with Gasteiger partial charge in [-0.3, -0.25) is 9.59 Å². The van der Waals surface area contributed by atoms with E-state index < -0.39 is 0 Å². The van der Waals surface area contributed by atoms with E-state index in [-0.39, 0.29) is 24.0 Å². The molecule has 0 atom stereocenters. The Labute approximate surface area is 210 Å². The van der Waals surface area contributed by atoms with Gasteiger partial charge in [-0.1, -0.05) is 24.3 Å². The number of aryl methyl sites for hydroxylation is 1. The maximum absolute atomic E-state index is 13.3. The lowest BCUT2D eigenvalue weighted by molar-refractivity contribution is -0.121. The Morgan fingerprint density at radius 3 is 2.53 bits per heavy atom. The number of amides is 1. The summed E-state index contributed by atoms with van der Waals surface area (Å²) in [6.07, 6.45) is 0.641. The van der Waals surface area contributed by atoms with E-state index >= 15 is 0 Å². The van der Waals surface area contributed by atoms with Crippen LogP contribution in [0.3, 0.4) is 0 Å². The lowest BCUT2D eigenvalue weighted by Gasteiger charge is -2.12. The van der Waals surface area contributed by atoms with Crippen molar-refractivity contribution < 1.29 is 14.3 Å². The van der Waals surface area contributed by atoms with Gasteiger partial charge in [0.2, 0.25) is 5.91 Å². The van der Waals surface area contributed by atoms with Gasteiger partial charge in [0.25, 0.3) is 5.56 Å². The molecule has 0 aliphatic carbocycles. The second-order valence-corrected chi connectivity index (χ2v) is 9.02. The molecular weight excluding hydrogens is 456 g/mol. The maximum Gasteiger partial charge on any atom is 0.277 e. The summed E-state index contributed by atoms with van der Waals surface area (Å²) in [6.45, 7) is 6.27. The number of ether oxygens (including phenoxy) is 2. The molecule has 0 fully saturated rings. The van der Waals surface area contributed by atoms with Crippen LogP contribution in [-0.2, 0) is 24.8 Å². The van der Waals surface area contributed by atoms with Crippen LogP contribution in [0, 0.1) is 6.92 Å². The highest BCUT2D eigenvalue weighted by Gasteiger charge is 2.18. The van der Waals surface area contributed by atoms with Crippen LogP contribution in [0.4, 0.5) is 0 Å². The molecule has 0 radical (unpaired) electrons. The Morgan fingerprint density at radius 2 is 1.83 bits per heavy atom. The van der Waals surface area contributed by atoms with E-state index in [1.165, 1.54) is 4.52 Å². The summed E-state index contributed by atoms with van der Waals surface area (Å²) < 4.78 is 14.4. The predicted molar refractivity (Wildman–Crippen MR) is 140 cm³/mol. The first kappa shape index (κ1) is 25.0. The van der Waals surface area contributed by atoms with Crippen molar-refractivity contribution in [2.75, 3.05) is 7.11 Å². The third kappa shape index (κ3) is 5.27. The highest BCUT2D eigenvalue weighted by molar-refractivity contribution is 5.76. The molecule has 1 N–H and O–H groups in total. The average Bonchev–Trinajstić information content (AvgIpc) is 3.32. The van der Waals surface area contributed by atoms with Crippen molar-refractivity contribution in [3.8, 4) is 22.8 Å². The fourth-order valence-electron chi connectivity index (χ4n) is 4.18. The minimum Gasteiger partial charge on any atom is -0.496 e. The molecule has 0 aliphatic rings. The summed E-state index contributed by atoms with van der Waals surface area (Å²) in [5.74, 6) is 1.37. The third-order valence-corrected chi connectivity index (χ3v) is 6.19. The van der Waals surface area contributed by atoms with E-state index in [0.29, 0.717) is 35.6 Å². The van der Waals surface area contributed by atoms with Gasteiger partial charge >= 0.3 is 0 Å². The summed E-state index contributed by atoms with van der Waals surface area (Å²) in [7, 11) is 3.51. The van der Waals surface area contributed by atoms with Crippen LogP contribution in [0.15, 0.2) is 59.4 Å². The van der Waals surface area contributed by atoms with E-state index in [9.17, 15) is 9.59 Å². The topological polar surface area (TPSA) is 86.9 Å². The fourth-order valence-corrected chi connectivity index (χ4v) is 4.18. The number of fused-ring (bicyclic) bond motifs is 1. The van der Waals surface area contributed by atoms with Gasteiger partial charge in [-0.05, 0) is 57.0 Å². The van der Waals surface area contributed by atoms with E-state index in [1.54, 1.807) is 7.11 Å². The zero-order valence-electron chi connectivity index (χ0n) is 21.4.